The van der Waals surface area contributed by atoms with E-state index < -0.39 is 13.3 Å². The maximum atomic E-state index is 11.3. The second-order valence-corrected chi connectivity index (χ2v) is 8.63. The molecule has 0 aliphatic carbocycles. The molecule has 0 radical (unpaired) electrons. The van der Waals surface area contributed by atoms with E-state index in [1.165, 1.54) is 0 Å². The first-order chi connectivity index (χ1) is 8.85. The highest BCUT2D eigenvalue weighted by Crippen LogP contribution is 2.44. The van der Waals surface area contributed by atoms with Crippen molar-refractivity contribution in [1.82, 2.24) is 0 Å². The lowest BCUT2D eigenvalue weighted by Crippen LogP contribution is -2.15. The summed E-state index contributed by atoms with van der Waals surface area (Å²) in [5.74, 6) is 0.280. The Balaban J connectivity index is 3.35. The summed E-state index contributed by atoms with van der Waals surface area (Å²) in [5.41, 5.74) is 2.44. The van der Waals surface area contributed by atoms with E-state index >= 15 is 0 Å². The van der Waals surface area contributed by atoms with Gasteiger partial charge in [-0.05, 0) is 47.9 Å². The maximum Gasteiger partial charge on any atom is 0.328 e. The summed E-state index contributed by atoms with van der Waals surface area (Å²) in [6.45, 7) is 11.3. The summed E-state index contributed by atoms with van der Waals surface area (Å²) in [4.78, 5) is 18.5. The molecule has 0 saturated heterocycles. The van der Waals surface area contributed by atoms with Crippen LogP contribution in [0.3, 0.4) is 0 Å². The number of phenolic OH excluding ortho intramolecular Hbond substituents is 1. The van der Waals surface area contributed by atoms with Crippen molar-refractivity contribution >= 4 is 7.60 Å². The van der Waals surface area contributed by atoms with Gasteiger partial charge in [-0.1, -0.05) is 33.8 Å². The van der Waals surface area contributed by atoms with Crippen molar-refractivity contribution in [2.24, 2.45) is 0 Å². The van der Waals surface area contributed by atoms with Gasteiger partial charge >= 0.3 is 7.60 Å². The highest BCUT2D eigenvalue weighted by atomic mass is 31.2. The third-order valence-electron chi connectivity index (χ3n) is 3.87. The topological polar surface area (TPSA) is 77.8 Å². The van der Waals surface area contributed by atoms with Crippen LogP contribution in [-0.4, -0.2) is 20.6 Å². The van der Waals surface area contributed by atoms with Crippen molar-refractivity contribution in [2.45, 2.75) is 59.0 Å². The SMILES string of the molecule is Cc1c(CC(C)P(=O)(O)O)cc(C(C)(C)C)c(O)c1C. The van der Waals surface area contributed by atoms with Crippen LogP contribution in [0.25, 0.3) is 0 Å². The molecule has 0 heterocycles. The number of hydrogen-bond donors (Lipinski definition) is 3. The van der Waals surface area contributed by atoms with E-state index in [1.54, 1.807) is 6.92 Å². The van der Waals surface area contributed by atoms with Crippen LogP contribution in [0.15, 0.2) is 6.07 Å². The van der Waals surface area contributed by atoms with Crippen LogP contribution in [0.4, 0.5) is 0 Å². The van der Waals surface area contributed by atoms with Gasteiger partial charge in [0, 0.05) is 0 Å². The molecular formula is C15H25O4P. The Morgan fingerprint density at radius 1 is 1.20 bits per heavy atom. The van der Waals surface area contributed by atoms with Gasteiger partial charge in [0.1, 0.15) is 5.75 Å². The van der Waals surface area contributed by atoms with Crippen LogP contribution in [0.2, 0.25) is 0 Å². The lowest BCUT2D eigenvalue weighted by atomic mass is 9.82. The molecular weight excluding hydrogens is 275 g/mol. The van der Waals surface area contributed by atoms with Gasteiger partial charge in [-0.2, -0.15) is 0 Å². The molecule has 20 heavy (non-hydrogen) atoms. The summed E-state index contributed by atoms with van der Waals surface area (Å²) in [6.07, 6.45) is 0.306. The largest absolute Gasteiger partial charge is 0.507 e. The highest BCUT2D eigenvalue weighted by Gasteiger charge is 2.27. The van der Waals surface area contributed by atoms with Gasteiger partial charge in [-0.3, -0.25) is 4.57 Å². The molecule has 4 nitrogen and oxygen atoms in total. The minimum Gasteiger partial charge on any atom is -0.507 e. The first kappa shape index (κ1) is 17.2. The number of phenols is 1. The molecule has 0 amide bonds. The molecule has 0 bridgehead atoms. The quantitative estimate of drug-likeness (QED) is 0.747. The molecule has 1 atom stereocenters. The Labute approximate surface area is 121 Å². The van der Waals surface area contributed by atoms with Crippen molar-refractivity contribution in [2.75, 3.05) is 0 Å². The van der Waals surface area contributed by atoms with Crippen LogP contribution in [0, 0.1) is 13.8 Å². The van der Waals surface area contributed by atoms with E-state index in [1.807, 2.05) is 40.7 Å². The molecule has 0 aliphatic rings. The number of rotatable bonds is 3. The van der Waals surface area contributed by atoms with Crippen molar-refractivity contribution < 1.29 is 19.5 Å². The minimum atomic E-state index is -4.09. The first-order valence-electron chi connectivity index (χ1n) is 6.73. The molecule has 0 aliphatic heterocycles. The van der Waals surface area contributed by atoms with Gasteiger partial charge in [-0.25, -0.2) is 0 Å². The lowest BCUT2D eigenvalue weighted by molar-refractivity contribution is 0.360. The van der Waals surface area contributed by atoms with Crippen LogP contribution >= 0.6 is 7.60 Å². The standard InChI is InChI=1S/C15H25O4P/c1-9(20(17,18)19)7-12-8-13(15(4,5)6)14(16)11(3)10(12)2/h8-9,16H,7H2,1-6H3,(H2,17,18,19). The number of aromatic hydroxyl groups is 1. The van der Waals surface area contributed by atoms with Crippen LogP contribution in [0.5, 0.6) is 5.75 Å². The normalized spacial score (nSPS) is 14.4. The van der Waals surface area contributed by atoms with Gasteiger partial charge in [0.25, 0.3) is 0 Å². The van der Waals surface area contributed by atoms with Gasteiger partial charge in [0.15, 0.2) is 0 Å². The molecule has 3 N–H and O–H groups in total. The highest BCUT2D eigenvalue weighted by molar-refractivity contribution is 7.52. The Hall–Kier alpha value is -0.830. The van der Waals surface area contributed by atoms with E-state index in [-0.39, 0.29) is 11.2 Å². The molecule has 0 spiro atoms. The average molecular weight is 300 g/mol. The molecule has 1 aromatic rings. The molecule has 114 valence electrons. The van der Waals surface area contributed by atoms with Gasteiger partial charge in [-0.15, -0.1) is 0 Å². The zero-order chi connectivity index (χ0) is 15.9. The maximum absolute atomic E-state index is 11.3. The van der Waals surface area contributed by atoms with Crippen molar-refractivity contribution in [3.05, 3.63) is 28.3 Å². The summed E-state index contributed by atoms with van der Waals surface area (Å²) in [6, 6.07) is 1.88. The molecule has 0 aromatic heterocycles. The molecule has 1 unspecified atom stereocenters. The fourth-order valence-electron chi connectivity index (χ4n) is 2.19. The van der Waals surface area contributed by atoms with Crippen molar-refractivity contribution in [3.63, 3.8) is 0 Å². The summed E-state index contributed by atoms with van der Waals surface area (Å²) < 4.78 is 11.3. The van der Waals surface area contributed by atoms with Crippen LogP contribution in [-0.2, 0) is 16.4 Å². The van der Waals surface area contributed by atoms with E-state index in [2.05, 4.69) is 0 Å². The fraction of sp³-hybridized carbons (Fsp3) is 0.600. The van der Waals surface area contributed by atoms with Crippen molar-refractivity contribution in [1.29, 1.82) is 0 Å². The van der Waals surface area contributed by atoms with Gasteiger partial charge in [0.05, 0.1) is 5.66 Å². The summed E-state index contributed by atoms with van der Waals surface area (Å²) in [7, 11) is -4.09. The monoisotopic (exact) mass is 300 g/mol. The van der Waals surface area contributed by atoms with Gasteiger partial charge < -0.3 is 14.9 Å². The van der Waals surface area contributed by atoms with Crippen LogP contribution < -0.4 is 0 Å². The second-order valence-electron chi connectivity index (χ2n) is 6.57. The Morgan fingerprint density at radius 3 is 2.10 bits per heavy atom. The predicted octanol–water partition coefficient (Wildman–Crippen LogP) is 3.42. The number of benzene rings is 1. The molecule has 5 heteroatoms. The smallest absolute Gasteiger partial charge is 0.328 e. The fourth-order valence-corrected chi connectivity index (χ4v) is 2.63. The average Bonchev–Trinajstić information content (AvgIpc) is 2.26. The third kappa shape index (κ3) is 3.63. The lowest BCUT2D eigenvalue weighted by Gasteiger charge is -2.25. The molecule has 0 saturated carbocycles. The molecule has 0 fully saturated rings. The summed E-state index contributed by atoms with van der Waals surface area (Å²) in [5, 5.41) is 10.3. The van der Waals surface area contributed by atoms with E-state index in [0.717, 1.165) is 22.3 Å². The second kappa shape index (κ2) is 5.51. The third-order valence-corrected chi connectivity index (χ3v) is 5.20. The van der Waals surface area contributed by atoms with E-state index in [4.69, 9.17) is 0 Å². The Morgan fingerprint density at radius 2 is 1.70 bits per heavy atom. The Kier molecular flexibility index (Phi) is 4.75. The number of hydrogen-bond acceptors (Lipinski definition) is 2. The van der Waals surface area contributed by atoms with E-state index in [9.17, 15) is 19.5 Å². The van der Waals surface area contributed by atoms with E-state index in [0.29, 0.717) is 6.42 Å². The summed E-state index contributed by atoms with van der Waals surface area (Å²) >= 11 is 0. The van der Waals surface area contributed by atoms with Gasteiger partial charge in [0.2, 0.25) is 0 Å². The zero-order valence-electron chi connectivity index (χ0n) is 13.1. The first-order valence-corrected chi connectivity index (χ1v) is 8.41. The predicted molar refractivity (Wildman–Crippen MR) is 81.5 cm³/mol. The van der Waals surface area contributed by atoms with Crippen molar-refractivity contribution in [3.8, 4) is 5.75 Å². The minimum absolute atomic E-state index is 0.220. The molecule has 1 aromatic carbocycles. The zero-order valence-corrected chi connectivity index (χ0v) is 14.0. The van der Waals surface area contributed by atoms with Crippen LogP contribution in [0.1, 0.15) is 49.9 Å². The molecule has 1 rings (SSSR count). The Bertz CT molecular complexity index is 552.